The van der Waals surface area contributed by atoms with Crippen molar-refractivity contribution in [1.29, 1.82) is 0 Å². The molecule has 1 amide bonds. The molecule has 1 unspecified atom stereocenters. The van der Waals surface area contributed by atoms with Gasteiger partial charge in [0.05, 0.1) is 29.2 Å². The third-order valence-corrected chi connectivity index (χ3v) is 9.33. The van der Waals surface area contributed by atoms with Crippen LogP contribution in [0.15, 0.2) is 41.4 Å². The van der Waals surface area contributed by atoms with Gasteiger partial charge in [-0.2, -0.15) is 8.78 Å². The van der Waals surface area contributed by atoms with Gasteiger partial charge in [-0.1, -0.05) is 25.3 Å². The fraction of sp³-hybridized carbons (Fsp3) is 0.367. The van der Waals surface area contributed by atoms with Crippen LogP contribution < -0.4 is 4.90 Å². The third-order valence-electron chi connectivity index (χ3n) is 7.77. The number of amides is 1. The van der Waals surface area contributed by atoms with E-state index < -0.39 is 63.8 Å². The molecule has 228 valence electrons. The van der Waals surface area contributed by atoms with E-state index in [9.17, 15) is 36.1 Å². The van der Waals surface area contributed by atoms with Gasteiger partial charge in [0.25, 0.3) is 4.90 Å². The first kappa shape index (κ1) is 30.9. The second kappa shape index (κ2) is 13.0. The Kier molecular flexibility index (Phi) is 9.33. The lowest BCUT2D eigenvalue weighted by Crippen LogP contribution is -2.43. The van der Waals surface area contributed by atoms with E-state index in [4.69, 9.17) is 4.74 Å². The van der Waals surface area contributed by atoms with E-state index in [1.807, 2.05) is 6.07 Å². The van der Waals surface area contributed by atoms with Crippen molar-refractivity contribution in [2.24, 2.45) is 0 Å². The molecule has 13 heteroatoms. The number of cyclic esters (lactones) is 1. The minimum absolute atomic E-state index is 0.00369. The maximum absolute atomic E-state index is 14.4. The van der Waals surface area contributed by atoms with Crippen LogP contribution in [0.4, 0.5) is 27.6 Å². The van der Waals surface area contributed by atoms with Gasteiger partial charge < -0.3 is 14.2 Å². The van der Waals surface area contributed by atoms with Crippen molar-refractivity contribution >= 4 is 28.9 Å². The highest BCUT2D eigenvalue weighted by atomic mass is 32.2. The van der Waals surface area contributed by atoms with Gasteiger partial charge >= 0.3 is 5.97 Å². The Morgan fingerprint density at radius 3 is 2.30 bits per heavy atom. The molecule has 1 aliphatic carbocycles. The molecule has 1 saturated carbocycles. The standard InChI is InChI=1S/C30H28F5N3O4S/c1-2-37(43(41)29-27(34)25(32)24(31)26(33)28(29)35)15-23(39)38(21-10-11-22-19(12-21)16-42-30(22)40)14-20-9-8-18(13-36-20)17-6-4-3-5-7-17/h8-13,17H,2-7,14-16H2,1H3. The zero-order valence-electron chi connectivity index (χ0n) is 23.2. The number of ether oxygens (including phenoxy) is 1. The number of carbonyl (C=O) groups is 2. The summed E-state index contributed by atoms with van der Waals surface area (Å²) in [5, 5.41) is 0. The van der Waals surface area contributed by atoms with Gasteiger partial charge in [0.1, 0.15) is 13.2 Å². The van der Waals surface area contributed by atoms with Gasteiger partial charge in [-0.15, -0.1) is 4.31 Å². The van der Waals surface area contributed by atoms with Crippen LogP contribution in [0.1, 0.15) is 72.1 Å². The van der Waals surface area contributed by atoms with E-state index in [0.29, 0.717) is 28.4 Å². The molecule has 1 atom stereocenters. The largest absolute Gasteiger partial charge is 0.593 e. The summed E-state index contributed by atoms with van der Waals surface area (Å²) in [5.74, 6) is -12.1. The average molecular weight is 622 g/mol. The molecule has 2 aromatic carbocycles. The van der Waals surface area contributed by atoms with Crippen molar-refractivity contribution in [2.75, 3.05) is 18.0 Å². The van der Waals surface area contributed by atoms with E-state index >= 15 is 0 Å². The molecule has 2 aliphatic rings. The number of aromatic nitrogens is 1. The molecule has 1 fully saturated rings. The topological polar surface area (TPSA) is 85.8 Å². The van der Waals surface area contributed by atoms with Gasteiger partial charge in [0, 0.05) is 24.0 Å². The molecule has 0 N–H and O–H groups in total. The molecule has 1 aliphatic heterocycles. The monoisotopic (exact) mass is 621 g/mol. The molecule has 43 heavy (non-hydrogen) atoms. The van der Waals surface area contributed by atoms with Crippen LogP contribution in [-0.2, 0) is 34.0 Å². The number of halogens is 5. The number of carbonyl (C=O) groups excluding carboxylic acids is 2. The van der Waals surface area contributed by atoms with Gasteiger partial charge in [-0.25, -0.2) is 18.0 Å². The Morgan fingerprint density at radius 2 is 1.67 bits per heavy atom. The van der Waals surface area contributed by atoms with Crippen molar-refractivity contribution in [3.63, 3.8) is 0 Å². The highest BCUT2D eigenvalue weighted by Gasteiger charge is 2.38. The second-order valence-electron chi connectivity index (χ2n) is 10.4. The Bertz CT molecular complexity index is 1510. The molecule has 0 bridgehead atoms. The summed E-state index contributed by atoms with van der Waals surface area (Å²) in [5.41, 5.74) is 2.85. The lowest BCUT2D eigenvalue weighted by molar-refractivity contribution is -0.119. The number of rotatable bonds is 9. The van der Waals surface area contributed by atoms with Crippen molar-refractivity contribution in [3.05, 3.63) is 88.0 Å². The summed E-state index contributed by atoms with van der Waals surface area (Å²) in [4.78, 5) is 30.0. The number of likely N-dealkylation sites (N-methyl/N-ethyl adjacent to an activating group) is 1. The Labute approximate surface area is 248 Å². The predicted molar refractivity (Wildman–Crippen MR) is 147 cm³/mol. The van der Waals surface area contributed by atoms with E-state index in [1.165, 1.54) is 30.4 Å². The van der Waals surface area contributed by atoms with E-state index in [0.717, 1.165) is 35.6 Å². The van der Waals surface area contributed by atoms with Crippen molar-refractivity contribution in [3.8, 4) is 0 Å². The van der Waals surface area contributed by atoms with E-state index in [2.05, 4.69) is 4.98 Å². The number of esters is 1. The lowest BCUT2D eigenvalue weighted by atomic mass is 9.85. The third kappa shape index (κ3) is 6.24. The van der Waals surface area contributed by atoms with Gasteiger partial charge in [0.2, 0.25) is 35.0 Å². The lowest BCUT2D eigenvalue weighted by Gasteiger charge is -2.28. The van der Waals surface area contributed by atoms with Crippen LogP contribution in [0.2, 0.25) is 0 Å². The number of benzene rings is 2. The van der Waals surface area contributed by atoms with Crippen LogP contribution >= 0.6 is 0 Å². The molecule has 0 saturated heterocycles. The normalized spacial score (nSPS) is 15.9. The quantitative estimate of drug-likeness (QED) is 0.0948. The molecule has 0 spiro atoms. The number of anilines is 1. The van der Waals surface area contributed by atoms with Crippen molar-refractivity contribution in [2.45, 2.75) is 63.0 Å². The first-order chi connectivity index (χ1) is 20.6. The van der Waals surface area contributed by atoms with Gasteiger partial charge in [-0.3, -0.25) is 9.78 Å². The molecule has 0 radical (unpaired) electrons. The summed E-state index contributed by atoms with van der Waals surface area (Å²) in [6.07, 6.45) is 7.45. The van der Waals surface area contributed by atoms with Gasteiger partial charge in [-0.05, 0) is 55.5 Å². The number of fused-ring (bicyclic) bond motifs is 1. The van der Waals surface area contributed by atoms with Crippen molar-refractivity contribution < 1.29 is 40.8 Å². The maximum atomic E-state index is 14.4. The Balaban J connectivity index is 1.43. The minimum Gasteiger partial charge on any atom is -0.593 e. The smallest absolute Gasteiger partial charge is 0.338 e. The molecular formula is C30H28F5N3O4S. The second-order valence-corrected chi connectivity index (χ2v) is 11.8. The van der Waals surface area contributed by atoms with Crippen LogP contribution in [0.5, 0.6) is 0 Å². The fourth-order valence-corrected chi connectivity index (χ4v) is 6.58. The van der Waals surface area contributed by atoms with Crippen LogP contribution in [0, 0.1) is 29.1 Å². The first-order valence-electron chi connectivity index (χ1n) is 13.8. The Hall–Kier alpha value is -3.55. The molecule has 1 aromatic heterocycles. The highest BCUT2D eigenvalue weighted by Crippen LogP contribution is 2.33. The SMILES string of the molecule is CCN(CC(=O)N(Cc1ccc(C2CCCCC2)cn1)c1ccc2c(c1)COC2=O)[S+]([O-])c1c(F)c(F)c(F)c(F)c1F. The first-order valence-corrected chi connectivity index (χ1v) is 14.9. The summed E-state index contributed by atoms with van der Waals surface area (Å²) in [6, 6.07) is 8.38. The average Bonchev–Trinajstić information content (AvgIpc) is 3.40. The van der Waals surface area contributed by atoms with E-state index in [-0.39, 0.29) is 19.7 Å². The van der Waals surface area contributed by atoms with E-state index in [1.54, 1.807) is 18.3 Å². The predicted octanol–water partition coefficient (Wildman–Crippen LogP) is 6.07. The molecule has 5 rings (SSSR count). The summed E-state index contributed by atoms with van der Waals surface area (Å²) in [6.45, 7) is 0.446. The highest BCUT2D eigenvalue weighted by molar-refractivity contribution is 7.89. The molecule has 2 heterocycles. The molecular weight excluding hydrogens is 593 g/mol. The number of hydrogen-bond donors (Lipinski definition) is 0. The van der Waals surface area contributed by atoms with Crippen LogP contribution in [-0.4, -0.2) is 38.8 Å². The van der Waals surface area contributed by atoms with Gasteiger partial charge in [0.15, 0.2) is 0 Å². The summed E-state index contributed by atoms with van der Waals surface area (Å²) < 4.78 is 89.1. The number of hydrogen-bond acceptors (Lipinski definition) is 6. The minimum atomic E-state index is -2.91. The maximum Gasteiger partial charge on any atom is 0.338 e. The Morgan fingerprint density at radius 1 is 1.00 bits per heavy atom. The fourth-order valence-electron chi connectivity index (χ4n) is 5.37. The van der Waals surface area contributed by atoms with Crippen LogP contribution in [0.25, 0.3) is 0 Å². The van der Waals surface area contributed by atoms with Crippen molar-refractivity contribution in [1.82, 2.24) is 9.29 Å². The number of nitrogens with zero attached hydrogens (tertiary/aromatic N) is 3. The summed E-state index contributed by atoms with van der Waals surface area (Å²) in [7, 11) is 0. The zero-order chi connectivity index (χ0) is 30.8. The molecule has 3 aromatic rings. The zero-order valence-corrected chi connectivity index (χ0v) is 24.0. The summed E-state index contributed by atoms with van der Waals surface area (Å²) >= 11 is -2.91. The van der Waals surface area contributed by atoms with Crippen LogP contribution in [0.3, 0.4) is 0 Å². The number of pyridine rings is 1. The molecule has 7 nitrogen and oxygen atoms in total.